The van der Waals surface area contributed by atoms with Gasteiger partial charge >= 0.3 is 16.3 Å². The van der Waals surface area contributed by atoms with Crippen LogP contribution < -0.4 is 0 Å². The zero-order valence-electron chi connectivity index (χ0n) is 6.33. The van der Waals surface area contributed by atoms with E-state index in [9.17, 15) is 21.6 Å². The molecule has 0 amide bonds. The molecule has 0 spiro atoms. The third-order valence-corrected chi connectivity index (χ3v) is 3.39. The van der Waals surface area contributed by atoms with Gasteiger partial charge in [0, 0.05) is 0 Å². The Kier molecular flexibility index (Phi) is 3.63. The molecule has 0 fully saturated rings. The van der Waals surface area contributed by atoms with Crippen LogP contribution in [0, 0.1) is 0 Å². The second kappa shape index (κ2) is 3.89. The lowest BCUT2D eigenvalue weighted by molar-refractivity contribution is 0.124. The van der Waals surface area contributed by atoms with E-state index < -0.39 is 31.5 Å². The van der Waals surface area contributed by atoms with E-state index in [1.54, 1.807) is 0 Å². The maximum absolute atomic E-state index is 10.6. The van der Waals surface area contributed by atoms with Gasteiger partial charge in [-0.15, -0.1) is 0 Å². The fourth-order valence-electron chi connectivity index (χ4n) is 0.344. The van der Waals surface area contributed by atoms with E-state index in [2.05, 4.69) is 8.92 Å². The van der Waals surface area contributed by atoms with E-state index in [0.717, 1.165) is 7.11 Å². The predicted molar refractivity (Wildman–Crippen MR) is 38.8 cm³/mol. The van der Waals surface area contributed by atoms with Crippen molar-refractivity contribution < 1.29 is 35.1 Å². The topological polar surface area (TPSA) is 124 Å². The highest BCUT2D eigenvalue weighted by Gasteiger charge is 2.24. The molecule has 0 aliphatic rings. The molecule has 0 radical (unpaired) electrons. The molecule has 0 aliphatic carbocycles. The summed E-state index contributed by atoms with van der Waals surface area (Å²) < 4.78 is 56.6. The largest absolute Gasteiger partial charge is 0.524 e. The summed E-state index contributed by atoms with van der Waals surface area (Å²) in [7, 11) is -8.58. The maximum Gasteiger partial charge on any atom is 0.524 e. The van der Waals surface area contributed by atoms with Gasteiger partial charge in [-0.2, -0.15) is 16.8 Å². The van der Waals surface area contributed by atoms with Crippen molar-refractivity contribution in [2.24, 2.45) is 0 Å². The molecular weight excluding hydrogens is 228 g/mol. The van der Waals surface area contributed by atoms with Gasteiger partial charge in [0.25, 0.3) is 10.1 Å². The molecule has 0 atom stereocenters. The molecule has 8 nitrogen and oxygen atoms in total. The van der Waals surface area contributed by atoms with Crippen molar-refractivity contribution in [3.63, 3.8) is 0 Å². The molecule has 0 heterocycles. The number of carbonyl (C=O) groups is 1. The monoisotopic (exact) mass is 234 g/mol. The maximum atomic E-state index is 10.6. The van der Waals surface area contributed by atoms with Gasteiger partial charge in [0.2, 0.25) is 5.08 Å². The summed E-state index contributed by atoms with van der Waals surface area (Å²) in [5.74, 6) is 0. The molecule has 0 unspecified atom stereocenters. The Morgan fingerprint density at radius 2 is 1.77 bits per heavy atom. The average Bonchev–Trinajstić information content (AvgIpc) is 1.80. The summed E-state index contributed by atoms with van der Waals surface area (Å²) in [5.41, 5.74) is 0. The fraction of sp³-hybridized carbons (Fsp3) is 0.667. The second-order valence-electron chi connectivity index (χ2n) is 1.79. The van der Waals surface area contributed by atoms with Crippen molar-refractivity contribution in [1.29, 1.82) is 0 Å². The highest BCUT2D eigenvalue weighted by atomic mass is 32.3. The van der Waals surface area contributed by atoms with Crippen LogP contribution in [0.5, 0.6) is 0 Å². The number of methoxy groups -OCH3 is 1. The van der Waals surface area contributed by atoms with Gasteiger partial charge in [-0.05, 0) is 0 Å². The van der Waals surface area contributed by atoms with Crippen molar-refractivity contribution in [3.05, 3.63) is 0 Å². The van der Waals surface area contributed by atoms with Gasteiger partial charge in [-0.1, -0.05) is 0 Å². The normalized spacial score (nSPS) is 12.2. The Bertz CT molecular complexity index is 374. The number of hydrogen-bond donors (Lipinski definition) is 1. The van der Waals surface area contributed by atoms with Gasteiger partial charge in [0.1, 0.15) is 0 Å². The number of hydrogen-bond acceptors (Lipinski definition) is 7. The first-order valence-corrected chi connectivity index (χ1v) is 5.80. The van der Waals surface area contributed by atoms with Crippen LogP contribution in [0.15, 0.2) is 0 Å². The third kappa shape index (κ3) is 6.31. The molecule has 0 rings (SSSR count). The minimum atomic E-state index is -4.76. The minimum Gasteiger partial charge on any atom is -0.437 e. The minimum absolute atomic E-state index is 0.839. The third-order valence-electron chi connectivity index (χ3n) is 0.655. The van der Waals surface area contributed by atoms with E-state index in [4.69, 9.17) is 4.55 Å². The lowest BCUT2D eigenvalue weighted by Gasteiger charge is -2.01. The fourth-order valence-corrected chi connectivity index (χ4v) is 2.27. The zero-order chi connectivity index (χ0) is 10.7. The molecule has 1 N–H and O–H groups in total. The number of rotatable bonds is 3. The zero-order valence-corrected chi connectivity index (χ0v) is 7.96. The lowest BCUT2D eigenvalue weighted by atomic mass is 11.4. The standard InChI is InChI=1S/C3H6O8S2/c1-10-3(4)11-13(8,9)2-12(5,6)7/h2H2,1H3,(H,5,6,7). The highest BCUT2D eigenvalue weighted by Crippen LogP contribution is 1.99. The van der Waals surface area contributed by atoms with Crippen molar-refractivity contribution in [2.45, 2.75) is 0 Å². The van der Waals surface area contributed by atoms with Crippen LogP contribution in [0.25, 0.3) is 0 Å². The molecule has 0 aliphatic heterocycles. The van der Waals surface area contributed by atoms with Crippen LogP contribution in [0.1, 0.15) is 0 Å². The molecule has 0 aromatic heterocycles. The van der Waals surface area contributed by atoms with Gasteiger partial charge in [-0.25, -0.2) is 4.79 Å². The SMILES string of the molecule is COC(=O)OS(=O)(=O)CS(=O)(=O)O. The Morgan fingerprint density at radius 3 is 2.08 bits per heavy atom. The van der Waals surface area contributed by atoms with Crippen LogP contribution in [-0.4, -0.2) is 39.7 Å². The van der Waals surface area contributed by atoms with Crippen molar-refractivity contribution >= 4 is 26.4 Å². The van der Waals surface area contributed by atoms with Crippen LogP contribution in [0.2, 0.25) is 0 Å². The van der Waals surface area contributed by atoms with Crippen LogP contribution in [0.4, 0.5) is 4.79 Å². The van der Waals surface area contributed by atoms with Gasteiger partial charge in [0.15, 0.2) is 0 Å². The molecular formula is C3H6O8S2. The molecule has 0 aromatic rings. The van der Waals surface area contributed by atoms with E-state index in [1.807, 2.05) is 0 Å². The summed E-state index contributed by atoms with van der Waals surface area (Å²) in [4.78, 5) is 10.2. The summed E-state index contributed by atoms with van der Waals surface area (Å²) >= 11 is 0. The molecule has 78 valence electrons. The van der Waals surface area contributed by atoms with Gasteiger partial charge < -0.3 is 8.92 Å². The Labute approximate surface area is 74.3 Å². The quantitative estimate of drug-likeness (QED) is 0.372. The predicted octanol–water partition coefficient (Wildman–Crippen LogP) is -1.06. The molecule has 0 aromatic carbocycles. The molecule has 10 heteroatoms. The Hall–Kier alpha value is -0.870. The van der Waals surface area contributed by atoms with Crippen LogP contribution in [-0.2, 0) is 29.2 Å². The summed E-state index contributed by atoms with van der Waals surface area (Å²) in [6.45, 7) is 0. The first-order valence-electron chi connectivity index (χ1n) is 2.61. The van der Waals surface area contributed by atoms with Crippen LogP contribution in [0.3, 0.4) is 0 Å². The lowest BCUT2D eigenvalue weighted by Crippen LogP contribution is -2.21. The Morgan fingerprint density at radius 1 is 1.31 bits per heavy atom. The number of carbonyl (C=O) groups excluding carboxylic acids is 1. The average molecular weight is 234 g/mol. The smallest absolute Gasteiger partial charge is 0.437 e. The highest BCUT2D eigenvalue weighted by molar-refractivity contribution is 8.03. The molecule has 0 bridgehead atoms. The molecule has 0 saturated heterocycles. The van der Waals surface area contributed by atoms with Crippen molar-refractivity contribution in [3.8, 4) is 0 Å². The summed E-state index contributed by atoms with van der Waals surface area (Å²) in [6, 6.07) is 0. The molecule has 0 saturated carbocycles. The molecule has 13 heavy (non-hydrogen) atoms. The van der Waals surface area contributed by atoms with Gasteiger partial charge in [0.05, 0.1) is 7.11 Å². The van der Waals surface area contributed by atoms with Crippen molar-refractivity contribution in [2.75, 3.05) is 12.2 Å². The van der Waals surface area contributed by atoms with Crippen LogP contribution >= 0.6 is 0 Å². The summed E-state index contributed by atoms with van der Waals surface area (Å²) in [6.07, 6.45) is -1.58. The number of ether oxygens (including phenoxy) is 1. The first-order chi connectivity index (χ1) is 5.66. The van der Waals surface area contributed by atoms with Crippen molar-refractivity contribution in [1.82, 2.24) is 0 Å². The first kappa shape index (κ1) is 12.1. The van der Waals surface area contributed by atoms with E-state index >= 15 is 0 Å². The second-order valence-corrected chi connectivity index (χ2v) is 5.18. The Balaban J connectivity index is 4.54. The van der Waals surface area contributed by atoms with E-state index in [0.29, 0.717) is 0 Å². The van der Waals surface area contributed by atoms with E-state index in [-0.39, 0.29) is 0 Å². The van der Waals surface area contributed by atoms with E-state index in [1.165, 1.54) is 0 Å². The summed E-state index contributed by atoms with van der Waals surface area (Å²) in [5, 5.41) is -1.70. The van der Waals surface area contributed by atoms with Gasteiger partial charge in [-0.3, -0.25) is 4.55 Å².